The van der Waals surface area contributed by atoms with E-state index in [1.807, 2.05) is 54.0 Å². The van der Waals surface area contributed by atoms with E-state index >= 15 is 0 Å². The molecule has 2 fully saturated rings. The Morgan fingerprint density at radius 2 is 1.95 bits per heavy atom. The number of hydrogen-bond donors (Lipinski definition) is 1. The lowest BCUT2D eigenvalue weighted by Crippen LogP contribution is -2.39. The standard InChI is InChI=1S/C30H34ClN5O4/c1-3-26(30(37)38)34-29-20(2)32-27(36(29)18-25-13-16-39-25)19-35-14-11-24(12-15-35)40-28-6-4-5-23(33-28)17-21-7-9-22(31)10-8-21/h3-10,24-25H,1,11-19H2,2H3,(H,37,38)/t25-/m0/s1. The molecule has 5 rings (SSSR count). The number of aromatic nitrogens is 3. The summed E-state index contributed by atoms with van der Waals surface area (Å²) in [6, 6.07) is 13.7. The number of imidazole rings is 1. The predicted octanol–water partition coefficient (Wildman–Crippen LogP) is 5.01. The highest BCUT2D eigenvalue weighted by Gasteiger charge is 2.27. The van der Waals surface area contributed by atoms with Gasteiger partial charge in [-0.15, -0.1) is 0 Å². The minimum Gasteiger partial charge on any atom is -0.477 e. The van der Waals surface area contributed by atoms with Gasteiger partial charge in [-0.3, -0.25) is 4.90 Å². The highest BCUT2D eigenvalue weighted by atomic mass is 35.5. The van der Waals surface area contributed by atoms with E-state index in [2.05, 4.69) is 16.5 Å². The number of rotatable bonds is 11. The molecule has 0 spiro atoms. The normalized spacial score (nSPS) is 18.4. The second-order valence-electron chi connectivity index (χ2n) is 10.2. The Hall–Kier alpha value is -3.53. The van der Waals surface area contributed by atoms with E-state index in [0.29, 0.717) is 30.5 Å². The van der Waals surface area contributed by atoms with Gasteiger partial charge in [0.25, 0.3) is 0 Å². The van der Waals surface area contributed by atoms with Crippen molar-refractivity contribution >= 4 is 29.1 Å². The van der Waals surface area contributed by atoms with Crippen LogP contribution >= 0.6 is 11.6 Å². The first-order chi connectivity index (χ1) is 19.4. The number of carboxylic acids is 1. The number of aliphatic carboxylic acids is 1. The second kappa shape index (κ2) is 12.8. The van der Waals surface area contributed by atoms with Crippen LogP contribution in [0, 0.1) is 6.92 Å². The van der Waals surface area contributed by atoms with Crippen molar-refractivity contribution < 1.29 is 19.4 Å². The van der Waals surface area contributed by atoms with Gasteiger partial charge < -0.3 is 19.1 Å². The third kappa shape index (κ3) is 6.96. The van der Waals surface area contributed by atoms with Crippen LogP contribution < -0.4 is 4.74 Å². The quantitative estimate of drug-likeness (QED) is 0.327. The molecule has 0 radical (unpaired) electrons. The molecule has 2 saturated heterocycles. The van der Waals surface area contributed by atoms with E-state index in [1.54, 1.807) is 0 Å². The summed E-state index contributed by atoms with van der Waals surface area (Å²) in [6.45, 7) is 9.14. The van der Waals surface area contributed by atoms with Crippen LogP contribution in [0.1, 0.15) is 42.0 Å². The van der Waals surface area contributed by atoms with Crippen LogP contribution in [0.2, 0.25) is 5.02 Å². The average Bonchev–Trinajstić information content (AvgIpc) is 3.20. The number of pyridine rings is 1. The van der Waals surface area contributed by atoms with Gasteiger partial charge in [0.1, 0.15) is 17.6 Å². The number of hydrogen-bond acceptors (Lipinski definition) is 7. The number of benzene rings is 1. The molecule has 0 bridgehead atoms. The monoisotopic (exact) mass is 563 g/mol. The first kappa shape index (κ1) is 28.0. The number of nitrogens with zero attached hydrogens (tertiary/aromatic N) is 5. The second-order valence-corrected chi connectivity index (χ2v) is 10.6. The summed E-state index contributed by atoms with van der Waals surface area (Å²) in [6.07, 6.45) is 4.86. The van der Waals surface area contributed by atoms with Gasteiger partial charge in [-0.05, 0) is 56.0 Å². The SMILES string of the molecule is C=CC(=Nc1c(C)nc(CN2CCC(Oc3cccc(Cc4ccc(Cl)cc4)n3)CC2)n1C[C@@H]1CCO1)C(=O)O. The maximum absolute atomic E-state index is 11.6. The number of carboxylic acid groups (broad SMARTS) is 1. The Labute approximate surface area is 239 Å². The molecule has 0 aliphatic carbocycles. The molecule has 9 nitrogen and oxygen atoms in total. The first-order valence-corrected chi connectivity index (χ1v) is 14.0. The van der Waals surface area contributed by atoms with Gasteiger partial charge in [0.05, 0.1) is 24.9 Å². The Morgan fingerprint density at radius 3 is 2.60 bits per heavy atom. The maximum Gasteiger partial charge on any atom is 0.354 e. The molecule has 2 aliphatic rings. The molecular weight excluding hydrogens is 530 g/mol. The predicted molar refractivity (Wildman–Crippen MR) is 154 cm³/mol. The topological polar surface area (TPSA) is 102 Å². The van der Waals surface area contributed by atoms with Crippen LogP contribution in [-0.2, 0) is 29.0 Å². The van der Waals surface area contributed by atoms with Crippen molar-refractivity contribution in [3.05, 3.63) is 82.9 Å². The Kier molecular flexibility index (Phi) is 8.94. The summed E-state index contributed by atoms with van der Waals surface area (Å²) < 4.78 is 13.9. The lowest BCUT2D eigenvalue weighted by molar-refractivity contribution is -0.129. The third-order valence-corrected chi connectivity index (χ3v) is 7.52. The number of ether oxygens (including phenoxy) is 2. The van der Waals surface area contributed by atoms with Gasteiger partial charge in [0.2, 0.25) is 5.88 Å². The van der Waals surface area contributed by atoms with E-state index in [4.69, 9.17) is 31.0 Å². The molecule has 1 N–H and O–H groups in total. The zero-order chi connectivity index (χ0) is 28.1. The van der Waals surface area contributed by atoms with Crippen molar-refractivity contribution in [1.82, 2.24) is 19.4 Å². The summed E-state index contributed by atoms with van der Waals surface area (Å²) in [5, 5.41) is 10.2. The number of aliphatic imine (C=N–C) groups is 1. The molecular formula is C30H34ClN5O4. The fourth-order valence-electron chi connectivity index (χ4n) is 4.99. The van der Waals surface area contributed by atoms with Crippen molar-refractivity contribution in [3.63, 3.8) is 0 Å². The summed E-state index contributed by atoms with van der Waals surface area (Å²) >= 11 is 6.01. The summed E-state index contributed by atoms with van der Waals surface area (Å²) in [4.78, 5) is 27.8. The molecule has 4 heterocycles. The fraction of sp³-hybridized carbons (Fsp3) is 0.400. The zero-order valence-electron chi connectivity index (χ0n) is 22.6. The van der Waals surface area contributed by atoms with Gasteiger partial charge in [0, 0.05) is 42.9 Å². The third-order valence-electron chi connectivity index (χ3n) is 7.27. The van der Waals surface area contributed by atoms with E-state index in [-0.39, 0.29) is 17.9 Å². The average molecular weight is 564 g/mol. The van der Waals surface area contributed by atoms with Gasteiger partial charge in [-0.25, -0.2) is 19.8 Å². The van der Waals surface area contributed by atoms with Crippen LogP contribution in [-0.4, -0.2) is 68.1 Å². The van der Waals surface area contributed by atoms with Crippen molar-refractivity contribution in [2.45, 2.75) is 57.9 Å². The summed E-state index contributed by atoms with van der Waals surface area (Å²) in [5.74, 6) is 0.938. The lowest BCUT2D eigenvalue weighted by Gasteiger charge is -2.32. The van der Waals surface area contributed by atoms with Gasteiger partial charge in [-0.1, -0.05) is 36.4 Å². The van der Waals surface area contributed by atoms with Crippen LogP contribution in [0.5, 0.6) is 5.88 Å². The molecule has 0 saturated carbocycles. The summed E-state index contributed by atoms with van der Waals surface area (Å²) in [5.41, 5.74) is 2.69. The maximum atomic E-state index is 11.6. The van der Waals surface area contributed by atoms with Crippen LogP contribution in [0.4, 0.5) is 5.82 Å². The van der Waals surface area contributed by atoms with Crippen molar-refractivity contribution in [2.75, 3.05) is 19.7 Å². The van der Waals surface area contributed by atoms with Crippen molar-refractivity contribution in [1.29, 1.82) is 0 Å². The lowest BCUT2D eigenvalue weighted by atomic mass is 10.1. The number of piperidine rings is 1. The Balaban J connectivity index is 1.21. The largest absolute Gasteiger partial charge is 0.477 e. The minimum absolute atomic E-state index is 0.0837. The molecule has 10 heteroatoms. The van der Waals surface area contributed by atoms with E-state index in [9.17, 15) is 9.90 Å². The first-order valence-electron chi connectivity index (χ1n) is 13.6. The molecule has 0 amide bonds. The molecule has 1 aromatic carbocycles. The van der Waals surface area contributed by atoms with Crippen LogP contribution in [0.3, 0.4) is 0 Å². The van der Waals surface area contributed by atoms with E-state index < -0.39 is 5.97 Å². The molecule has 40 heavy (non-hydrogen) atoms. The van der Waals surface area contributed by atoms with Crippen molar-refractivity contribution in [3.8, 4) is 5.88 Å². The summed E-state index contributed by atoms with van der Waals surface area (Å²) in [7, 11) is 0. The van der Waals surface area contributed by atoms with E-state index in [0.717, 1.165) is 67.5 Å². The minimum atomic E-state index is -1.12. The highest BCUT2D eigenvalue weighted by molar-refractivity contribution is 6.40. The molecule has 1 atom stereocenters. The Morgan fingerprint density at radius 1 is 1.20 bits per heavy atom. The number of likely N-dealkylation sites (tertiary alicyclic amines) is 1. The van der Waals surface area contributed by atoms with Gasteiger partial charge in [-0.2, -0.15) is 0 Å². The zero-order valence-corrected chi connectivity index (χ0v) is 23.4. The Bertz CT molecular complexity index is 1380. The smallest absolute Gasteiger partial charge is 0.354 e. The highest BCUT2D eigenvalue weighted by Crippen LogP contribution is 2.27. The molecule has 0 unspecified atom stereocenters. The van der Waals surface area contributed by atoms with Crippen LogP contribution in [0.15, 0.2) is 60.1 Å². The number of carbonyl (C=O) groups is 1. The molecule has 210 valence electrons. The van der Waals surface area contributed by atoms with Gasteiger partial charge >= 0.3 is 5.97 Å². The molecule has 2 aromatic heterocycles. The van der Waals surface area contributed by atoms with Crippen molar-refractivity contribution in [2.24, 2.45) is 4.99 Å². The number of aryl methyl sites for hydroxylation is 1. The van der Waals surface area contributed by atoms with E-state index in [1.165, 1.54) is 6.08 Å². The van der Waals surface area contributed by atoms with Crippen LogP contribution in [0.25, 0.3) is 0 Å². The van der Waals surface area contributed by atoms with Gasteiger partial charge in [0.15, 0.2) is 5.82 Å². The fourth-order valence-corrected chi connectivity index (χ4v) is 5.12. The molecule has 3 aromatic rings. The molecule has 2 aliphatic heterocycles. The number of halogens is 1.